The summed E-state index contributed by atoms with van der Waals surface area (Å²) in [7, 11) is 0. The first-order valence-corrected chi connectivity index (χ1v) is 7.97. The molecule has 1 aliphatic heterocycles. The lowest BCUT2D eigenvalue weighted by molar-refractivity contribution is -0.122. The number of hydrogen-bond donors (Lipinski definition) is 2. The van der Waals surface area contributed by atoms with Gasteiger partial charge in [-0.1, -0.05) is 18.2 Å². The molecule has 1 unspecified atom stereocenters. The summed E-state index contributed by atoms with van der Waals surface area (Å²) in [5, 5.41) is 6.55. The Balaban J connectivity index is 1.48. The van der Waals surface area contributed by atoms with Gasteiger partial charge in [0.25, 0.3) is 11.8 Å². The van der Waals surface area contributed by atoms with E-state index in [9.17, 15) is 9.59 Å². The number of furan rings is 1. The molecular weight excluding hydrogens is 320 g/mol. The van der Waals surface area contributed by atoms with Crippen LogP contribution in [0.4, 0.5) is 5.69 Å². The average Bonchev–Trinajstić information content (AvgIpc) is 3.03. The van der Waals surface area contributed by atoms with Crippen LogP contribution in [0.3, 0.4) is 0 Å². The van der Waals surface area contributed by atoms with Crippen LogP contribution in [-0.2, 0) is 11.3 Å². The SMILES string of the molecule is CC1Oc2ccc(C(=O)NCc3cc4ccccc4o3)cc2NC1=O. The number of ether oxygens (including phenoxy) is 1. The summed E-state index contributed by atoms with van der Waals surface area (Å²) in [6.07, 6.45) is -0.541. The molecule has 1 aliphatic rings. The van der Waals surface area contributed by atoms with Crippen LogP contribution in [-0.4, -0.2) is 17.9 Å². The fourth-order valence-corrected chi connectivity index (χ4v) is 2.74. The van der Waals surface area contributed by atoms with Gasteiger partial charge in [-0.15, -0.1) is 0 Å². The lowest BCUT2D eigenvalue weighted by Gasteiger charge is -2.23. The number of rotatable bonds is 3. The summed E-state index contributed by atoms with van der Waals surface area (Å²) >= 11 is 0. The predicted molar refractivity (Wildman–Crippen MR) is 92.5 cm³/mol. The Morgan fingerprint density at radius 3 is 2.88 bits per heavy atom. The molecule has 2 amide bonds. The molecule has 0 fully saturated rings. The lowest BCUT2D eigenvalue weighted by atomic mass is 10.1. The van der Waals surface area contributed by atoms with Crippen LogP contribution in [0, 0.1) is 0 Å². The number of hydrogen-bond acceptors (Lipinski definition) is 4. The molecular formula is C19H16N2O4. The van der Waals surface area contributed by atoms with Crippen LogP contribution in [0.25, 0.3) is 11.0 Å². The zero-order valence-corrected chi connectivity index (χ0v) is 13.5. The van der Waals surface area contributed by atoms with E-state index in [1.54, 1.807) is 25.1 Å². The molecule has 2 heterocycles. The van der Waals surface area contributed by atoms with Gasteiger partial charge in [0, 0.05) is 10.9 Å². The summed E-state index contributed by atoms with van der Waals surface area (Å²) in [5.74, 6) is 0.752. The highest BCUT2D eigenvalue weighted by atomic mass is 16.5. The Morgan fingerprint density at radius 2 is 2.04 bits per heavy atom. The molecule has 4 rings (SSSR count). The van der Waals surface area contributed by atoms with Gasteiger partial charge in [-0.3, -0.25) is 9.59 Å². The van der Waals surface area contributed by atoms with Crippen LogP contribution in [0.5, 0.6) is 5.75 Å². The van der Waals surface area contributed by atoms with E-state index in [0.29, 0.717) is 22.8 Å². The van der Waals surface area contributed by atoms with Crippen LogP contribution >= 0.6 is 0 Å². The van der Waals surface area contributed by atoms with Gasteiger partial charge in [0.05, 0.1) is 12.2 Å². The van der Waals surface area contributed by atoms with E-state index in [4.69, 9.17) is 9.15 Å². The fraction of sp³-hybridized carbons (Fsp3) is 0.158. The van der Waals surface area contributed by atoms with Gasteiger partial charge in [-0.2, -0.15) is 0 Å². The number of nitrogens with one attached hydrogen (secondary N) is 2. The third-order valence-electron chi connectivity index (χ3n) is 4.07. The van der Waals surface area contributed by atoms with Crippen LogP contribution < -0.4 is 15.4 Å². The van der Waals surface area contributed by atoms with Crippen LogP contribution in [0.1, 0.15) is 23.0 Å². The Hall–Kier alpha value is -3.28. The highest BCUT2D eigenvalue weighted by molar-refractivity contribution is 6.00. The Kier molecular flexibility index (Phi) is 3.65. The molecule has 0 radical (unpaired) electrons. The van der Waals surface area contributed by atoms with Crippen molar-refractivity contribution in [2.75, 3.05) is 5.32 Å². The molecule has 0 saturated carbocycles. The van der Waals surface area contributed by atoms with Gasteiger partial charge >= 0.3 is 0 Å². The largest absolute Gasteiger partial charge is 0.479 e. The van der Waals surface area contributed by atoms with Crippen molar-refractivity contribution < 1.29 is 18.7 Å². The summed E-state index contributed by atoms with van der Waals surface area (Å²) in [5.41, 5.74) is 1.72. The fourth-order valence-electron chi connectivity index (χ4n) is 2.74. The molecule has 0 aliphatic carbocycles. The maximum absolute atomic E-state index is 12.4. The highest BCUT2D eigenvalue weighted by Crippen LogP contribution is 2.30. The van der Waals surface area contributed by atoms with Crippen molar-refractivity contribution in [3.05, 3.63) is 59.9 Å². The number of benzene rings is 2. The molecule has 2 N–H and O–H groups in total. The van der Waals surface area contributed by atoms with Gasteiger partial charge in [0.15, 0.2) is 6.10 Å². The van der Waals surface area contributed by atoms with E-state index < -0.39 is 6.10 Å². The minimum absolute atomic E-state index is 0.229. The van der Waals surface area contributed by atoms with Crippen molar-refractivity contribution in [2.45, 2.75) is 19.6 Å². The van der Waals surface area contributed by atoms with E-state index in [-0.39, 0.29) is 18.4 Å². The Bertz CT molecular complexity index is 943. The molecule has 6 heteroatoms. The maximum Gasteiger partial charge on any atom is 0.265 e. The van der Waals surface area contributed by atoms with E-state index in [1.165, 1.54) is 0 Å². The molecule has 0 bridgehead atoms. The molecule has 25 heavy (non-hydrogen) atoms. The summed E-state index contributed by atoms with van der Waals surface area (Å²) in [6, 6.07) is 14.5. The highest BCUT2D eigenvalue weighted by Gasteiger charge is 2.24. The van der Waals surface area contributed by atoms with Gasteiger partial charge in [-0.05, 0) is 37.3 Å². The maximum atomic E-state index is 12.4. The number of carbonyl (C=O) groups is 2. The smallest absolute Gasteiger partial charge is 0.265 e. The number of carbonyl (C=O) groups excluding carboxylic acids is 2. The second-order valence-electron chi connectivity index (χ2n) is 5.89. The molecule has 0 saturated heterocycles. The van der Waals surface area contributed by atoms with Gasteiger partial charge < -0.3 is 19.8 Å². The van der Waals surface area contributed by atoms with Gasteiger partial charge in [0.2, 0.25) is 0 Å². The average molecular weight is 336 g/mol. The Morgan fingerprint density at radius 1 is 1.20 bits per heavy atom. The van der Waals surface area contributed by atoms with Crippen LogP contribution in [0.15, 0.2) is 52.9 Å². The minimum Gasteiger partial charge on any atom is -0.479 e. The van der Waals surface area contributed by atoms with Crippen molar-refractivity contribution in [3.63, 3.8) is 0 Å². The number of para-hydroxylation sites is 1. The van der Waals surface area contributed by atoms with E-state index in [2.05, 4.69) is 10.6 Å². The van der Waals surface area contributed by atoms with E-state index in [0.717, 1.165) is 11.0 Å². The van der Waals surface area contributed by atoms with Gasteiger partial charge in [-0.25, -0.2) is 0 Å². The third kappa shape index (κ3) is 2.94. The van der Waals surface area contributed by atoms with Crippen molar-refractivity contribution in [3.8, 4) is 5.75 Å². The van der Waals surface area contributed by atoms with E-state index >= 15 is 0 Å². The zero-order valence-electron chi connectivity index (χ0n) is 13.5. The first-order chi connectivity index (χ1) is 12.1. The first kappa shape index (κ1) is 15.3. The first-order valence-electron chi connectivity index (χ1n) is 7.97. The van der Waals surface area contributed by atoms with Gasteiger partial charge in [0.1, 0.15) is 17.1 Å². The molecule has 6 nitrogen and oxygen atoms in total. The zero-order chi connectivity index (χ0) is 17.4. The lowest BCUT2D eigenvalue weighted by Crippen LogP contribution is -2.34. The van der Waals surface area contributed by atoms with Crippen molar-refractivity contribution in [1.82, 2.24) is 5.32 Å². The van der Waals surface area contributed by atoms with Crippen molar-refractivity contribution >= 4 is 28.5 Å². The normalized spacial score (nSPS) is 16.0. The van der Waals surface area contributed by atoms with Crippen LogP contribution in [0.2, 0.25) is 0 Å². The van der Waals surface area contributed by atoms with Crippen molar-refractivity contribution in [2.24, 2.45) is 0 Å². The standard InChI is InChI=1S/C19H16N2O4/c1-11-18(22)21-15-9-13(6-7-17(15)24-11)19(23)20-10-14-8-12-4-2-3-5-16(12)25-14/h2-9,11H,10H2,1H3,(H,20,23)(H,21,22). The van der Waals surface area contributed by atoms with E-state index in [1.807, 2.05) is 30.3 Å². The summed E-state index contributed by atoms with van der Waals surface area (Å²) in [4.78, 5) is 24.0. The van der Waals surface area contributed by atoms with Crippen molar-refractivity contribution in [1.29, 1.82) is 0 Å². The predicted octanol–water partition coefficient (Wildman–Crippen LogP) is 3.08. The molecule has 126 valence electrons. The molecule has 2 aromatic carbocycles. The number of fused-ring (bicyclic) bond motifs is 2. The molecule has 1 atom stereocenters. The molecule has 1 aromatic heterocycles. The Labute approximate surface area is 143 Å². The molecule has 3 aromatic rings. The summed E-state index contributed by atoms with van der Waals surface area (Å²) < 4.78 is 11.2. The number of anilines is 1. The quantitative estimate of drug-likeness (QED) is 0.770. The number of amides is 2. The minimum atomic E-state index is -0.541. The monoisotopic (exact) mass is 336 g/mol. The molecule has 0 spiro atoms. The third-order valence-corrected chi connectivity index (χ3v) is 4.07. The second-order valence-corrected chi connectivity index (χ2v) is 5.89. The second kappa shape index (κ2) is 5.98. The summed E-state index contributed by atoms with van der Waals surface area (Å²) in [6.45, 7) is 1.96. The topological polar surface area (TPSA) is 80.6 Å².